The molecule has 0 spiro atoms. The van der Waals surface area contributed by atoms with Crippen molar-refractivity contribution in [1.29, 1.82) is 0 Å². The lowest BCUT2D eigenvalue weighted by atomic mass is 10.1. The number of nitrogens with one attached hydrogen (secondary N) is 1. The van der Waals surface area contributed by atoms with Crippen LogP contribution >= 0.6 is 12.4 Å². The first-order chi connectivity index (χ1) is 9.18. The lowest BCUT2D eigenvalue weighted by Gasteiger charge is -2.12. The molecule has 0 aliphatic heterocycles. The molecule has 21 heavy (non-hydrogen) atoms. The molecule has 0 aromatic heterocycles. The predicted molar refractivity (Wildman–Crippen MR) is 76.9 cm³/mol. The number of hydrogen-bond donors (Lipinski definition) is 2. The third kappa shape index (κ3) is 5.82. The summed E-state index contributed by atoms with van der Waals surface area (Å²) in [7, 11) is -3.93. The van der Waals surface area contributed by atoms with E-state index >= 15 is 0 Å². The molecule has 9 heteroatoms. The highest BCUT2D eigenvalue weighted by molar-refractivity contribution is 7.89. The number of hydrogen-bond acceptors (Lipinski definition) is 3. The van der Waals surface area contributed by atoms with E-state index in [1.165, 1.54) is 6.92 Å². The maximum Gasteiger partial charge on any atom is 0.416 e. The third-order valence-corrected chi connectivity index (χ3v) is 4.21. The second-order valence-corrected chi connectivity index (χ2v) is 6.13. The Morgan fingerprint density at radius 2 is 1.86 bits per heavy atom. The molecular weight excluding hydrogens is 329 g/mol. The van der Waals surface area contributed by atoms with Crippen molar-refractivity contribution in [2.45, 2.75) is 30.8 Å². The number of alkyl halides is 3. The van der Waals surface area contributed by atoms with Gasteiger partial charge in [-0.25, -0.2) is 13.1 Å². The van der Waals surface area contributed by atoms with E-state index in [1.54, 1.807) is 0 Å². The van der Waals surface area contributed by atoms with Gasteiger partial charge in [0.25, 0.3) is 0 Å². The number of aryl methyl sites for hydroxylation is 1. The van der Waals surface area contributed by atoms with E-state index in [4.69, 9.17) is 5.73 Å². The van der Waals surface area contributed by atoms with E-state index in [0.717, 1.165) is 12.1 Å². The second kappa shape index (κ2) is 7.98. The average Bonchev–Trinajstić information content (AvgIpc) is 2.33. The minimum Gasteiger partial charge on any atom is -0.330 e. The van der Waals surface area contributed by atoms with Gasteiger partial charge >= 0.3 is 6.18 Å². The number of halogens is 4. The fourth-order valence-corrected chi connectivity index (χ4v) is 2.73. The first-order valence-electron chi connectivity index (χ1n) is 6.06. The summed E-state index contributed by atoms with van der Waals surface area (Å²) in [6.07, 6.45) is -3.40. The molecule has 0 amide bonds. The van der Waals surface area contributed by atoms with Gasteiger partial charge in [0.05, 0.1) is 10.5 Å². The minimum atomic E-state index is -4.57. The van der Waals surface area contributed by atoms with Gasteiger partial charge in [0.15, 0.2) is 0 Å². The predicted octanol–water partition coefficient (Wildman–Crippen LogP) is 2.45. The van der Waals surface area contributed by atoms with Crippen molar-refractivity contribution in [2.75, 3.05) is 13.1 Å². The Balaban J connectivity index is 0.00000400. The van der Waals surface area contributed by atoms with Gasteiger partial charge in [-0.3, -0.25) is 0 Å². The molecule has 0 bridgehead atoms. The zero-order valence-electron chi connectivity index (χ0n) is 11.4. The molecule has 0 aliphatic rings. The molecule has 1 rings (SSSR count). The van der Waals surface area contributed by atoms with Crippen molar-refractivity contribution < 1.29 is 21.6 Å². The normalized spacial score (nSPS) is 12.0. The highest BCUT2D eigenvalue weighted by Crippen LogP contribution is 2.33. The van der Waals surface area contributed by atoms with Crippen LogP contribution in [-0.4, -0.2) is 21.5 Å². The number of rotatable bonds is 6. The molecule has 0 unspecified atom stereocenters. The topological polar surface area (TPSA) is 72.2 Å². The molecule has 4 nitrogen and oxygen atoms in total. The van der Waals surface area contributed by atoms with Crippen molar-refractivity contribution in [3.05, 3.63) is 29.3 Å². The molecule has 0 atom stereocenters. The molecule has 0 saturated carbocycles. The smallest absolute Gasteiger partial charge is 0.330 e. The second-order valence-electron chi connectivity index (χ2n) is 4.37. The molecule has 0 radical (unpaired) electrons. The summed E-state index contributed by atoms with van der Waals surface area (Å²) in [5.74, 6) is 0. The van der Waals surface area contributed by atoms with Crippen LogP contribution < -0.4 is 10.5 Å². The van der Waals surface area contributed by atoms with Crippen molar-refractivity contribution in [1.82, 2.24) is 4.72 Å². The Morgan fingerprint density at radius 1 is 1.24 bits per heavy atom. The lowest BCUT2D eigenvalue weighted by molar-refractivity contribution is -0.138. The standard InChI is InChI=1S/C12H17F3N2O2S.ClH/c1-9-4-5-10(8-11(9)12(13,14)15)20(18,19)17-7-3-2-6-16;/h4-5,8,17H,2-3,6-7,16H2,1H3;1H. The van der Waals surface area contributed by atoms with E-state index in [-0.39, 0.29) is 29.4 Å². The van der Waals surface area contributed by atoms with Gasteiger partial charge in [0.2, 0.25) is 10.0 Å². The highest BCUT2D eigenvalue weighted by Gasteiger charge is 2.33. The van der Waals surface area contributed by atoms with Crippen LogP contribution in [0, 0.1) is 6.92 Å². The van der Waals surface area contributed by atoms with Gasteiger partial charge in [-0.2, -0.15) is 13.2 Å². The fourth-order valence-electron chi connectivity index (χ4n) is 1.63. The first-order valence-corrected chi connectivity index (χ1v) is 7.54. The molecule has 1 aromatic rings. The maximum atomic E-state index is 12.7. The zero-order chi connectivity index (χ0) is 15.4. The molecule has 1 aromatic carbocycles. The molecule has 3 N–H and O–H groups in total. The first kappa shape index (κ1) is 20.2. The number of sulfonamides is 1. The maximum absolute atomic E-state index is 12.7. The van der Waals surface area contributed by atoms with Crippen LogP contribution in [-0.2, 0) is 16.2 Å². The van der Waals surface area contributed by atoms with Crippen LogP contribution in [0.2, 0.25) is 0 Å². The Morgan fingerprint density at radius 3 is 2.38 bits per heavy atom. The Kier molecular flexibility index (Phi) is 7.66. The average molecular weight is 347 g/mol. The SMILES string of the molecule is Cc1ccc(S(=O)(=O)NCCCCN)cc1C(F)(F)F.Cl. The molecule has 0 heterocycles. The summed E-state index contributed by atoms with van der Waals surface area (Å²) in [5, 5.41) is 0. The Hall–Kier alpha value is -0.830. The zero-order valence-corrected chi connectivity index (χ0v) is 13.0. The third-order valence-electron chi connectivity index (χ3n) is 2.75. The van der Waals surface area contributed by atoms with Crippen LogP contribution in [0.25, 0.3) is 0 Å². The van der Waals surface area contributed by atoms with Gasteiger partial charge in [-0.1, -0.05) is 6.07 Å². The van der Waals surface area contributed by atoms with Crippen LogP contribution in [0.15, 0.2) is 23.1 Å². The summed E-state index contributed by atoms with van der Waals surface area (Å²) in [6, 6.07) is 2.97. The van der Waals surface area contributed by atoms with E-state index < -0.39 is 21.8 Å². The number of unbranched alkanes of at least 4 members (excludes halogenated alkanes) is 1. The number of benzene rings is 1. The molecule has 0 saturated heterocycles. The fraction of sp³-hybridized carbons (Fsp3) is 0.500. The van der Waals surface area contributed by atoms with Gasteiger partial charge in [0, 0.05) is 6.54 Å². The summed E-state index contributed by atoms with van der Waals surface area (Å²) in [6.45, 7) is 1.87. The molecule has 0 fully saturated rings. The number of nitrogens with two attached hydrogens (primary N) is 1. The summed E-state index contributed by atoms with van der Waals surface area (Å²) < 4.78 is 64.2. The lowest BCUT2D eigenvalue weighted by Crippen LogP contribution is -2.25. The van der Waals surface area contributed by atoms with Crippen LogP contribution in [0.4, 0.5) is 13.2 Å². The molecule has 0 aliphatic carbocycles. The molecular formula is C12H18ClF3N2O2S. The van der Waals surface area contributed by atoms with Crippen molar-refractivity contribution >= 4 is 22.4 Å². The highest BCUT2D eigenvalue weighted by atomic mass is 35.5. The van der Waals surface area contributed by atoms with Crippen LogP contribution in [0.5, 0.6) is 0 Å². The van der Waals surface area contributed by atoms with E-state index in [9.17, 15) is 21.6 Å². The largest absolute Gasteiger partial charge is 0.416 e. The Bertz CT molecular complexity index is 562. The summed E-state index contributed by atoms with van der Waals surface area (Å²) in [5.41, 5.74) is 4.32. The molecule has 122 valence electrons. The van der Waals surface area contributed by atoms with Gasteiger partial charge in [0.1, 0.15) is 0 Å². The van der Waals surface area contributed by atoms with E-state index in [2.05, 4.69) is 4.72 Å². The Labute approximate surface area is 128 Å². The minimum absolute atomic E-state index is 0. The van der Waals surface area contributed by atoms with Gasteiger partial charge in [-0.05, 0) is 44.0 Å². The summed E-state index contributed by atoms with van der Waals surface area (Å²) in [4.78, 5) is -0.386. The van der Waals surface area contributed by atoms with Gasteiger partial charge in [-0.15, -0.1) is 12.4 Å². The van der Waals surface area contributed by atoms with E-state index in [1.807, 2.05) is 0 Å². The van der Waals surface area contributed by atoms with Crippen molar-refractivity contribution in [3.8, 4) is 0 Å². The quantitative estimate of drug-likeness (QED) is 0.777. The van der Waals surface area contributed by atoms with Crippen molar-refractivity contribution in [3.63, 3.8) is 0 Å². The van der Waals surface area contributed by atoms with Crippen LogP contribution in [0.3, 0.4) is 0 Å². The van der Waals surface area contributed by atoms with E-state index in [0.29, 0.717) is 25.5 Å². The van der Waals surface area contributed by atoms with Crippen LogP contribution in [0.1, 0.15) is 24.0 Å². The van der Waals surface area contributed by atoms with Crippen molar-refractivity contribution in [2.24, 2.45) is 5.73 Å². The monoisotopic (exact) mass is 346 g/mol. The van der Waals surface area contributed by atoms with Gasteiger partial charge < -0.3 is 5.73 Å². The summed E-state index contributed by atoms with van der Waals surface area (Å²) >= 11 is 0.